The van der Waals surface area contributed by atoms with Crippen LogP contribution in [0.2, 0.25) is 0 Å². The summed E-state index contributed by atoms with van der Waals surface area (Å²) in [6.07, 6.45) is 2.77. The molecule has 0 fully saturated rings. The summed E-state index contributed by atoms with van der Waals surface area (Å²) in [6, 6.07) is 0.171. The smallest absolute Gasteiger partial charge is 0.246 e. The Hall–Kier alpha value is -0.260. The molecule has 14 heavy (non-hydrogen) atoms. The monoisotopic (exact) mass is 219 g/mol. The molecular formula is C9H21N3OS. The van der Waals surface area contributed by atoms with Crippen molar-refractivity contribution in [2.75, 3.05) is 5.75 Å². The van der Waals surface area contributed by atoms with Crippen molar-refractivity contribution in [1.29, 1.82) is 0 Å². The molecule has 0 aliphatic heterocycles. The average Bonchev–Trinajstić information content (AvgIpc) is 2.22. The molecule has 0 rings (SSSR count). The second-order valence-electron chi connectivity index (χ2n) is 3.29. The van der Waals surface area contributed by atoms with Gasteiger partial charge >= 0.3 is 0 Å². The third-order valence-electron chi connectivity index (χ3n) is 2.02. The number of nitrogens with one attached hydrogen (secondary N) is 1. The topological polar surface area (TPSA) is 81.1 Å². The van der Waals surface area contributed by atoms with Crippen LogP contribution in [-0.4, -0.2) is 23.0 Å². The first-order valence-electron chi connectivity index (χ1n) is 5.03. The zero-order valence-electron chi connectivity index (χ0n) is 8.95. The Kier molecular flexibility index (Phi) is 7.93. The molecule has 2 unspecified atom stereocenters. The summed E-state index contributed by atoms with van der Waals surface area (Å²) in [6.45, 7) is 4.10. The Morgan fingerprint density at radius 1 is 1.50 bits per heavy atom. The molecule has 2 atom stereocenters. The van der Waals surface area contributed by atoms with E-state index >= 15 is 0 Å². The predicted octanol–water partition coefficient (Wildman–Crippen LogP) is 0.616. The van der Waals surface area contributed by atoms with Crippen LogP contribution < -0.4 is 17.0 Å². The molecule has 0 spiro atoms. The maximum Gasteiger partial charge on any atom is 0.246 e. The van der Waals surface area contributed by atoms with Gasteiger partial charge in [0.1, 0.15) is 0 Å². The molecule has 0 bridgehead atoms. The van der Waals surface area contributed by atoms with Gasteiger partial charge < -0.3 is 5.73 Å². The van der Waals surface area contributed by atoms with Crippen molar-refractivity contribution < 1.29 is 4.79 Å². The van der Waals surface area contributed by atoms with Gasteiger partial charge in [-0.1, -0.05) is 20.3 Å². The summed E-state index contributed by atoms with van der Waals surface area (Å²) >= 11 is 1.59. The summed E-state index contributed by atoms with van der Waals surface area (Å²) in [7, 11) is 0. The summed E-state index contributed by atoms with van der Waals surface area (Å²) < 4.78 is 0. The van der Waals surface area contributed by atoms with Crippen molar-refractivity contribution in [3.05, 3.63) is 0 Å². The molecule has 0 aromatic rings. The van der Waals surface area contributed by atoms with Crippen LogP contribution >= 0.6 is 11.8 Å². The molecule has 84 valence electrons. The van der Waals surface area contributed by atoms with Gasteiger partial charge in [0.05, 0.1) is 5.25 Å². The van der Waals surface area contributed by atoms with Crippen LogP contribution in [0.4, 0.5) is 0 Å². The van der Waals surface area contributed by atoms with E-state index < -0.39 is 0 Å². The van der Waals surface area contributed by atoms with E-state index in [-0.39, 0.29) is 17.2 Å². The molecule has 0 heterocycles. The summed E-state index contributed by atoms with van der Waals surface area (Å²) in [4.78, 5) is 11.3. The van der Waals surface area contributed by atoms with Crippen LogP contribution in [0.1, 0.15) is 33.1 Å². The molecule has 0 aromatic carbocycles. The number of hydrogen-bond acceptors (Lipinski definition) is 4. The highest BCUT2D eigenvalue weighted by molar-refractivity contribution is 8.00. The van der Waals surface area contributed by atoms with Crippen LogP contribution in [0, 0.1) is 0 Å². The van der Waals surface area contributed by atoms with Gasteiger partial charge in [0.25, 0.3) is 0 Å². The maximum atomic E-state index is 11.3. The summed E-state index contributed by atoms with van der Waals surface area (Å²) in [5.74, 6) is 5.81. The number of carbonyl (C=O) groups is 1. The van der Waals surface area contributed by atoms with Gasteiger partial charge in [-0.15, -0.1) is 11.8 Å². The van der Waals surface area contributed by atoms with E-state index in [1.54, 1.807) is 11.8 Å². The van der Waals surface area contributed by atoms with E-state index in [1.165, 1.54) is 0 Å². The lowest BCUT2D eigenvalue weighted by atomic mass is 10.2. The number of thioether (sulfide) groups is 1. The van der Waals surface area contributed by atoms with Crippen molar-refractivity contribution in [1.82, 2.24) is 5.43 Å². The number of hydrazine groups is 1. The number of rotatable bonds is 7. The Morgan fingerprint density at radius 3 is 2.57 bits per heavy atom. The van der Waals surface area contributed by atoms with Crippen LogP contribution in [0.3, 0.4) is 0 Å². The molecule has 4 nitrogen and oxygen atoms in total. The normalized spacial score (nSPS) is 14.9. The highest BCUT2D eigenvalue weighted by atomic mass is 32.2. The molecule has 0 saturated heterocycles. The summed E-state index contributed by atoms with van der Waals surface area (Å²) in [5.41, 5.74) is 7.97. The van der Waals surface area contributed by atoms with E-state index in [2.05, 4.69) is 12.3 Å². The van der Waals surface area contributed by atoms with Gasteiger partial charge in [-0.05, 0) is 12.8 Å². The minimum absolute atomic E-state index is 0.0531. The largest absolute Gasteiger partial charge is 0.327 e. The highest BCUT2D eigenvalue weighted by Gasteiger charge is 2.17. The minimum Gasteiger partial charge on any atom is -0.327 e. The third-order valence-corrected chi connectivity index (χ3v) is 3.49. The lowest BCUT2D eigenvalue weighted by Gasteiger charge is -2.16. The fourth-order valence-corrected chi connectivity index (χ4v) is 2.34. The first-order chi connectivity index (χ1) is 6.65. The molecule has 1 amide bonds. The van der Waals surface area contributed by atoms with Crippen LogP contribution in [-0.2, 0) is 4.79 Å². The van der Waals surface area contributed by atoms with Gasteiger partial charge in [-0.3, -0.25) is 10.2 Å². The lowest BCUT2D eigenvalue weighted by molar-refractivity contribution is -0.120. The first-order valence-corrected chi connectivity index (χ1v) is 6.08. The quantitative estimate of drug-likeness (QED) is 0.333. The van der Waals surface area contributed by atoms with Crippen LogP contribution in [0.5, 0.6) is 0 Å². The summed E-state index contributed by atoms with van der Waals surface area (Å²) in [5, 5.41) is -0.0531. The van der Waals surface area contributed by atoms with E-state index in [0.29, 0.717) is 0 Å². The molecule has 0 aromatic heterocycles. The van der Waals surface area contributed by atoms with Crippen LogP contribution in [0.15, 0.2) is 0 Å². The number of amides is 1. The zero-order chi connectivity index (χ0) is 11.0. The van der Waals surface area contributed by atoms with Crippen molar-refractivity contribution in [2.24, 2.45) is 11.6 Å². The Bertz CT molecular complexity index is 166. The fraction of sp³-hybridized carbons (Fsp3) is 0.889. The zero-order valence-corrected chi connectivity index (χ0v) is 9.77. The van der Waals surface area contributed by atoms with Crippen LogP contribution in [0.25, 0.3) is 0 Å². The van der Waals surface area contributed by atoms with E-state index in [1.807, 2.05) is 6.92 Å². The van der Waals surface area contributed by atoms with Gasteiger partial charge in [0.2, 0.25) is 5.91 Å². The molecular weight excluding hydrogens is 198 g/mol. The first kappa shape index (κ1) is 13.7. The second kappa shape index (κ2) is 8.08. The number of nitrogens with two attached hydrogens (primary N) is 2. The molecule has 5 heteroatoms. The average molecular weight is 219 g/mol. The van der Waals surface area contributed by atoms with Gasteiger partial charge in [0, 0.05) is 11.8 Å². The fourth-order valence-electron chi connectivity index (χ4n) is 1.00. The minimum atomic E-state index is -0.0971. The molecule has 0 aliphatic rings. The Balaban J connectivity index is 3.90. The molecule has 0 radical (unpaired) electrons. The number of hydrogen-bond donors (Lipinski definition) is 3. The molecule has 5 N–H and O–H groups in total. The maximum absolute atomic E-state index is 11.3. The van der Waals surface area contributed by atoms with Crippen molar-refractivity contribution in [2.45, 2.75) is 44.4 Å². The standard InChI is InChI=1S/C9H21N3OS/c1-3-5-8(9(13)12-11)14-6-7(10)4-2/h7-8H,3-6,10-11H2,1-2H3,(H,12,13). The van der Waals surface area contributed by atoms with Crippen molar-refractivity contribution in [3.63, 3.8) is 0 Å². The van der Waals surface area contributed by atoms with Gasteiger partial charge in [-0.2, -0.15) is 0 Å². The highest BCUT2D eigenvalue weighted by Crippen LogP contribution is 2.17. The number of carbonyl (C=O) groups excluding carboxylic acids is 1. The Labute approximate surface area is 90.1 Å². The second-order valence-corrected chi connectivity index (χ2v) is 4.52. The SMILES string of the molecule is CCCC(SCC(N)CC)C(=O)NN. The van der Waals surface area contributed by atoms with E-state index in [9.17, 15) is 4.79 Å². The Morgan fingerprint density at radius 2 is 2.14 bits per heavy atom. The van der Waals surface area contributed by atoms with Gasteiger partial charge in [0.15, 0.2) is 0 Å². The van der Waals surface area contributed by atoms with Crippen molar-refractivity contribution >= 4 is 17.7 Å². The predicted molar refractivity (Wildman–Crippen MR) is 61.8 cm³/mol. The van der Waals surface area contributed by atoms with Crippen molar-refractivity contribution in [3.8, 4) is 0 Å². The van der Waals surface area contributed by atoms with Gasteiger partial charge in [-0.25, -0.2) is 5.84 Å². The molecule has 0 saturated carbocycles. The molecule has 0 aliphatic carbocycles. The van der Waals surface area contributed by atoms with E-state index in [0.717, 1.165) is 25.0 Å². The third kappa shape index (κ3) is 5.47. The lowest BCUT2D eigenvalue weighted by Crippen LogP contribution is -2.38. The van der Waals surface area contributed by atoms with E-state index in [4.69, 9.17) is 11.6 Å².